The Hall–Kier alpha value is -2.87. The maximum absolute atomic E-state index is 13.1. The maximum atomic E-state index is 13.1. The number of hydrogen-bond acceptors (Lipinski definition) is 6. The zero-order valence-electron chi connectivity index (χ0n) is 14.6. The third-order valence-corrected chi connectivity index (χ3v) is 4.42. The zero-order chi connectivity index (χ0) is 18.6. The predicted molar refractivity (Wildman–Crippen MR) is 99.1 cm³/mol. The molecule has 0 spiro atoms. The number of pyridine rings is 1. The van der Waals surface area contributed by atoms with Gasteiger partial charge in [-0.1, -0.05) is 18.2 Å². The Balaban J connectivity index is 1.51. The van der Waals surface area contributed by atoms with E-state index in [0.29, 0.717) is 36.5 Å². The van der Waals surface area contributed by atoms with Crippen molar-refractivity contribution in [1.82, 2.24) is 15.0 Å². The molecule has 1 fully saturated rings. The highest BCUT2D eigenvalue weighted by Crippen LogP contribution is 2.25. The number of rotatable bonds is 5. The Morgan fingerprint density at radius 2 is 1.89 bits per heavy atom. The SMILES string of the molecule is FC(F)c1nc(NCc2ccc(N3CCOCC3)nc2)c2ccccc2n1. The van der Waals surface area contributed by atoms with Gasteiger partial charge in [-0.15, -0.1) is 0 Å². The number of nitrogens with zero attached hydrogens (tertiary/aromatic N) is 4. The summed E-state index contributed by atoms with van der Waals surface area (Å²) in [5, 5.41) is 3.85. The molecule has 0 unspecified atom stereocenters. The summed E-state index contributed by atoms with van der Waals surface area (Å²) in [7, 11) is 0. The van der Waals surface area contributed by atoms with Crippen LogP contribution >= 0.6 is 0 Å². The van der Waals surface area contributed by atoms with Crippen LogP contribution in [0.15, 0.2) is 42.6 Å². The van der Waals surface area contributed by atoms with Crippen molar-refractivity contribution in [3.8, 4) is 0 Å². The van der Waals surface area contributed by atoms with Gasteiger partial charge in [0, 0.05) is 31.2 Å². The van der Waals surface area contributed by atoms with Crippen molar-refractivity contribution >= 4 is 22.5 Å². The summed E-state index contributed by atoms with van der Waals surface area (Å²) in [6.45, 7) is 3.50. The molecule has 3 aromatic rings. The van der Waals surface area contributed by atoms with Gasteiger partial charge in [0.2, 0.25) is 0 Å². The third kappa shape index (κ3) is 3.95. The van der Waals surface area contributed by atoms with Crippen LogP contribution in [0, 0.1) is 0 Å². The quantitative estimate of drug-likeness (QED) is 0.742. The lowest BCUT2D eigenvalue weighted by Gasteiger charge is -2.27. The standard InChI is InChI=1S/C19H19F2N5O/c20-17(21)19-24-15-4-2-1-3-14(15)18(25-19)23-12-13-5-6-16(22-11-13)26-7-9-27-10-8-26/h1-6,11,17H,7-10,12H2,(H,23,24,25). The van der Waals surface area contributed by atoms with E-state index in [1.807, 2.05) is 24.3 Å². The summed E-state index contributed by atoms with van der Waals surface area (Å²) >= 11 is 0. The summed E-state index contributed by atoms with van der Waals surface area (Å²) in [6.07, 6.45) is -0.931. The summed E-state index contributed by atoms with van der Waals surface area (Å²) in [6, 6.07) is 11.0. The lowest BCUT2D eigenvalue weighted by molar-refractivity contribution is 0.122. The van der Waals surface area contributed by atoms with E-state index in [2.05, 4.69) is 25.2 Å². The van der Waals surface area contributed by atoms with E-state index in [1.54, 1.807) is 18.3 Å². The summed E-state index contributed by atoms with van der Waals surface area (Å²) in [5.41, 5.74) is 1.43. The van der Waals surface area contributed by atoms with Crippen LogP contribution in [0.1, 0.15) is 17.8 Å². The van der Waals surface area contributed by atoms with Crippen LogP contribution in [-0.2, 0) is 11.3 Å². The number of halogens is 2. The Morgan fingerprint density at radius 3 is 2.63 bits per heavy atom. The molecule has 8 heteroatoms. The van der Waals surface area contributed by atoms with Gasteiger partial charge in [0.15, 0.2) is 5.82 Å². The summed E-state index contributed by atoms with van der Waals surface area (Å²) in [5.74, 6) is 0.833. The van der Waals surface area contributed by atoms with E-state index in [4.69, 9.17) is 4.74 Å². The largest absolute Gasteiger partial charge is 0.378 e. The van der Waals surface area contributed by atoms with Crippen LogP contribution in [0.25, 0.3) is 10.9 Å². The topological polar surface area (TPSA) is 63.2 Å². The fourth-order valence-corrected chi connectivity index (χ4v) is 3.01. The minimum Gasteiger partial charge on any atom is -0.378 e. The van der Waals surface area contributed by atoms with Gasteiger partial charge in [-0.2, -0.15) is 0 Å². The van der Waals surface area contributed by atoms with Gasteiger partial charge >= 0.3 is 0 Å². The van der Waals surface area contributed by atoms with E-state index < -0.39 is 12.2 Å². The van der Waals surface area contributed by atoms with Crippen LogP contribution in [0.2, 0.25) is 0 Å². The average Bonchev–Trinajstić information content (AvgIpc) is 2.73. The molecule has 1 N–H and O–H groups in total. The first-order valence-corrected chi connectivity index (χ1v) is 8.77. The Labute approximate surface area is 155 Å². The Bertz CT molecular complexity index is 914. The third-order valence-electron chi connectivity index (χ3n) is 4.42. The van der Waals surface area contributed by atoms with Crippen molar-refractivity contribution in [2.75, 3.05) is 36.5 Å². The molecule has 1 saturated heterocycles. The van der Waals surface area contributed by atoms with Crippen molar-refractivity contribution in [3.63, 3.8) is 0 Å². The molecular weight excluding hydrogens is 352 g/mol. The number of ether oxygens (including phenoxy) is 1. The molecule has 0 saturated carbocycles. The maximum Gasteiger partial charge on any atom is 0.297 e. The van der Waals surface area contributed by atoms with Crippen molar-refractivity contribution < 1.29 is 13.5 Å². The normalized spacial score (nSPS) is 14.7. The van der Waals surface area contributed by atoms with Gasteiger partial charge in [-0.05, 0) is 23.8 Å². The molecule has 0 bridgehead atoms. The average molecular weight is 371 g/mol. The second kappa shape index (κ2) is 7.79. The monoisotopic (exact) mass is 371 g/mol. The fraction of sp³-hybridized carbons (Fsp3) is 0.316. The number of morpholine rings is 1. The first-order chi connectivity index (χ1) is 13.2. The van der Waals surface area contributed by atoms with Gasteiger partial charge in [-0.25, -0.2) is 23.7 Å². The van der Waals surface area contributed by atoms with Crippen LogP contribution < -0.4 is 10.2 Å². The van der Waals surface area contributed by atoms with E-state index in [-0.39, 0.29) is 0 Å². The molecule has 27 heavy (non-hydrogen) atoms. The number of nitrogens with one attached hydrogen (secondary N) is 1. The van der Waals surface area contributed by atoms with Gasteiger partial charge in [0.25, 0.3) is 6.43 Å². The minimum atomic E-state index is -2.72. The highest BCUT2D eigenvalue weighted by Gasteiger charge is 2.15. The van der Waals surface area contributed by atoms with E-state index in [0.717, 1.165) is 24.5 Å². The second-order valence-electron chi connectivity index (χ2n) is 6.23. The number of alkyl halides is 2. The Kier molecular flexibility index (Phi) is 5.06. The molecule has 1 aliphatic heterocycles. The molecule has 0 atom stereocenters. The number of hydrogen-bond donors (Lipinski definition) is 1. The fourth-order valence-electron chi connectivity index (χ4n) is 3.01. The van der Waals surface area contributed by atoms with Crippen molar-refractivity contribution in [1.29, 1.82) is 0 Å². The number of benzene rings is 1. The first-order valence-electron chi connectivity index (χ1n) is 8.77. The molecular formula is C19H19F2N5O. The molecule has 140 valence electrons. The minimum absolute atomic E-state index is 0.396. The van der Waals surface area contributed by atoms with Crippen LogP contribution in [0.5, 0.6) is 0 Å². The molecule has 1 aromatic carbocycles. The molecule has 4 rings (SSSR count). The van der Waals surface area contributed by atoms with Crippen molar-refractivity contribution in [2.45, 2.75) is 13.0 Å². The molecule has 2 aromatic heterocycles. The van der Waals surface area contributed by atoms with E-state index >= 15 is 0 Å². The molecule has 3 heterocycles. The lowest BCUT2D eigenvalue weighted by atomic mass is 10.2. The van der Waals surface area contributed by atoms with Gasteiger partial charge in [0.05, 0.1) is 18.7 Å². The van der Waals surface area contributed by atoms with Crippen LogP contribution in [0.3, 0.4) is 0 Å². The number of para-hydroxylation sites is 1. The van der Waals surface area contributed by atoms with Crippen molar-refractivity contribution in [3.05, 3.63) is 54.0 Å². The smallest absolute Gasteiger partial charge is 0.297 e. The zero-order valence-corrected chi connectivity index (χ0v) is 14.6. The molecule has 0 radical (unpaired) electrons. The number of fused-ring (bicyclic) bond motifs is 1. The van der Waals surface area contributed by atoms with Crippen LogP contribution in [0.4, 0.5) is 20.4 Å². The van der Waals surface area contributed by atoms with Gasteiger partial charge < -0.3 is 15.0 Å². The number of aromatic nitrogens is 3. The lowest BCUT2D eigenvalue weighted by Crippen LogP contribution is -2.36. The number of anilines is 2. The Morgan fingerprint density at radius 1 is 1.07 bits per heavy atom. The molecule has 6 nitrogen and oxygen atoms in total. The highest BCUT2D eigenvalue weighted by molar-refractivity contribution is 5.89. The van der Waals surface area contributed by atoms with E-state index in [9.17, 15) is 8.78 Å². The molecule has 0 aliphatic carbocycles. The summed E-state index contributed by atoms with van der Waals surface area (Å²) in [4.78, 5) is 14.6. The first kappa shape index (κ1) is 17.5. The molecule has 0 amide bonds. The molecule has 1 aliphatic rings. The summed E-state index contributed by atoms with van der Waals surface area (Å²) < 4.78 is 31.5. The van der Waals surface area contributed by atoms with Crippen molar-refractivity contribution in [2.24, 2.45) is 0 Å². The predicted octanol–water partition coefficient (Wildman–Crippen LogP) is 3.41. The van der Waals surface area contributed by atoms with Gasteiger partial charge in [0.1, 0.15) is 11.6 Å². The van der Waals surface area contributed by atoms with Gasteiger partial charge in [-0.3, -0.25) is 0 Å². The van der Waals surface area contributed by atoms with Crippen LogP contribution in [-0.4, -0.2) is 41.3 Å². The van der Waals surface area contributed by atoms with E-state index in [1.165, 1.54) is 0 Å². The highest BCUT2D eigenvalue weighted by atomic mass is 19.3. The second-order valence-corrected chi connectivity index (χ2v) is 6.23.